The number of allylic oxidation sites excluding steroid dienone is 1. The van der Waals surface area contributed by atoms with E-state index < -0.39 is 0 Å². The zero-order valence-corrected chi connectivity index (χ0v) is 21.2. The van der Waals surface area contributed by atoms with Crippen LogP contribution < -0.4 is 4.90 Å². The minimum Gasteiger partial charge on any atom is -0.288 e. The highest BCUT2D eigenvalue weighted by Gasteiger charge is 2.38. The van der Waals surface area contributed by atoms with Crippen molar-refractivity contribution in [2.45, 2.75) is 19.3 Å². The molecule has 5 heteroatoms. The number of carbonyl (C=O) groups excluding carboxylic acids is 2. The third kappa shape index (κ3) is 3.17. The highest BCUT2D eigenvalue weighted by Crippen LogP contribution is 2.52. The van der Waals surface area contributed by atoms with Crippen LogP contribution in [0.25, 0.3) is 16.8 Å². The van der Waals surface area contributed by atoms with Crippen molar-refractivity contribution in [3.63, 3.8) is 0 Å². The molecule has 178 valence electrons. The van der Waals surface area contributed by atoms with Gasteiger partial charge in [0.05, 0.1) is 11.3 Å². The number of pyridine rings is 1. The molecule has 0 saturated carbocycles. The molecule has 1 aliphatic heterocycles. The van der Waals surface area contributed by atoms with Crippen molar-refractivity contribution in [1.29, 1.82) is 0 Å². The van der Waals surface area contributed by atoms with E-state index in [0.717, 1.165) is 37.7 Å². The summed E-state index contributed by atoms with van der Waals surface area (Å²) in [6.07, 6.45) is 3.56. The Hall–Kier alpha value is -4.35. The van der Waals surface area contributed by atoms with Gasteiger partial charge in [-0.25, -0.2) is 4.98 Å². The highest BCUT2D eigenvalue weighted by atomic mass is 32.1. The highest BCUT2D eigenvalue weighted by molar-refractivity contribution is 7.17. The fraction of sp³-hybridized carbons (Fsp3) is 0.0938. The zero-order chi connectivity index (χ0) is 25.3. The molecule has 0 radical (unpaired) electrons. The van der Waals surface area contributed by atoms with Gasteiger partial charge in [-0.2, -0.15) is 0 Å². The number of thiophene rings is 1. The van der Waals surface area contributed by atoms with E-state index in [0.29, 0.717) is 11.1 Å². The van der Waals surface area contributed by atoms with Gasteiger partial charge in [-0.15, -0.1) is 11.3 Å². The fourth-order valence-corrected chi connectivity index (χ4v) is 6.53. The number of benzene rings is 3. The molecule has 3 heterocycles. The standard InChI is InChI=1S/C32H22N2O2S/c1-32(2)25-10-5-6-12-27(25)34(31-26(32)11-7-15-33-31)28-14-13-21(37-28)18-24-29(35)22-16-19-8-3-4-9-20(19)17-23(22)30(24)36/h3-18H,1-2H3. The Morgan fingerprint density at radius 3 is 2.16 bits per heavy atom. The fourth-order valence-electron chi connectivity index (χ4n) is 5.57. The number of aromatic nitrogens is 1. The molecule has 5 aromatic rings. The van der Waals surface area contributed by atoms with Gasteiger partial charge in [0.2, 0.25) is 0 Å². The lowest BCUT2D eigenvalue weighted by Crippen LogP contribution is -2.30. The first kappa shape index (κ1) is 21.9. The van der Waals surface area contributed by atoms with E-state index in [2.05, 4.69) is 43.0 Å². The summed E-state index contributed by atoms with van der Waals surface area (Å²) in [4.78, 5) is 34.3. The molecular weight excluding hydrogens is 476 g/mol. The van der Waals surface area contributed by atoms with Crippen LogP contribution in [0, 0.1) is 0 Å². The van der Waals surface area contributed by atoms with Crippen molar-refractivity contribution in [1.82, 2.24) is 4.98 Å². The molecule has 0 bridgehead atoms. The average molecular weight is 499 g/mol. The molecule has 1 aliphatic carbocycles. The van der Waals surface area contributed by atoms with E-state index in [9.17, 15) is 9.59 Å². The van der Waals surface area contributed by atoms with E-state index in [1.807, 2.05) is 66.9 Å². The second kappa shape index (κ2) is 7.82. The Morgan fingerprint density at radius 2 is 1.43 bits per heavy atom. The molecule has 0 N–H and O–H groups in total. The van der Waals surface area contributed by atoms with Gasteiger partial charge in [0.15, 0.2) is 11.6 Å². The number of carbonyl (C=O) groups is 2. The topological polar surface area (TPSA) is 50.3 Å². The summed E-state index contributed by atoms with van der Waals surface area (Å²) >= 11 is 1.54. The van der Waals surface area contributed by atoms with Crippen molar-refractivity contribution < 1.29 is 9.59 Å². The average Bonchev–Trinajstić information content (AvgIpc) is 3.46. The Kier molecular flexibility index (Phi) is 4.63. The van der Waals surface area contributed by atoms with Gasteiger partial charge in [-0.05, 0) is 58.8 Å². The van der Waals surface area contributed by atoms with Crippen LogP contribution in [-0.2, 0) is 5.41 Å². The van der Waals surface area contributed by atoms with E-state index in [1.54, 1.807) is 17.4 Å². The van der Waals surface area contributed by atoms with Crippen LogP contribution in [0.3, 0.4) is 0 Å². The summed E-state index contributed by atoms with van der Waals surface area (Å²) in [5.74, 6) is 0.481. The quantitative estimate of drug-likeness (QED) is 0.184. The molecule has 0 unspecified atom stereocenters. The first-order valence-corrected chi connectivity index (χ1v) is 13.0. The molecule has 37 heavy (non-hydrogen) atoms. The van der Waals surface area contributed by atoms with Gasteiger partial charge in [0.25, 0.3) is 0 Å². The molecule has 0 amide bonds. The van der Waals surface area contributed by atoms with Crippen molar-refractivity contribution in [3.8, 4) is 0 Å². The number of anilines is 3. The number of hydrogen-bond donors (Lipinski definition) is 0. The number of nitrogens with zero attached hydrogens (tertiary/aromatic N) is 2. The minimum atomic E-state index is -0.210. The molecule has 0 saturated heterocycles. The first-order valence-electron chi connectivity index (χ1n) is 12.2. The Labute approximate surface area is 218 Å². The van der Waals surface area contributed by atoms with Crippen LogP contribution in [0.5, 0.6) is 0 Å². The SMILES string of the molecule is CC1(C)c2ccccc2N(c2ccc(C=C3C(=O)c4cc5ccccc5cc4C3=O)s2)c2ncccc21. The van der Waals surface area contributed by atoms with Crippen molar-refractivity contribution >= 4 is 56.3 Å². The van der Waals surface area contributed by atoms with Crippen molar-refractivity contribution in [3.05, 3.63) is 124 Å². The predicted molar refractivity (Wildman–Crippen MR) is 150 cm³/mol. The van der Waals surface area contributed by atoms with Crippen molar-refractivity contribution in [2.75, 3.05) is 4.90 Å². The van der Waals surface area contributed by atoms with Gasteiger partial charge in [-0.1, -0.05) is 62.4 Å². The van der Waals surface area contributed by atoms with Gasteiger partial charge < -0.3 is 0 Å². The molecule has 0 spiro atoms. The lowest BCUT2D eigenvalue weighted by molar-refractivity contribution is 0.0990. The normalized spacial score (nSPS) is 15.5. The number of ketones is 2. The van der Waals surface area contributed by atoms with E-state index in [4.69, 9.17) is 4.98 Å². The maximum Gasteiger partial charge on any atom is 0.197 e. The summed E-state index contributed by atoms with van der Waals surface area (Å²) in [6.45, 7) is 4.46. The maximum absolute atomic E-state index is 13.3. The number of hydrogen-bond acceptors (Lipinski definition) is 5. The second-order valence-electron chi connectivity index (χ2n) is 9.99. The van der Waals surface area contributed by atoms with E-state index in [-0.39, 0.29) is 22.6 Å². The molecule has 2 aromatic heterocycles. The van der Waals surface area contributed by atoms with Gasteiger partial charge >= 0.3 is 0 Å². The minimum absolute atomic E-state index is 0.184. The molecule has 3 aromatic carbocycles. The van der Waals surface area contributed by atoms with E-state index in [1.165, 1.54) is 5.56 Å². The summed E-state index contributed by atoms with van der Waals surface area (Å²) in [5.41, 5.74) is 4.48. The van der Waals surface area contributed by atoms with Crippen LogP contribution >= 0.6 is 11.3 Å². The third-order valence-electron chi connectivity index (χ3n) is 7.47. The lowest BCUT2D eigenvalue weighted by Gasteiger charge is -2.40. The van der Waals surface area contributed by atoms with Crippen LogP contribution in [0.4, 0.5) is 16.5 Å². The summed E-state index contributed by atoms with van der Waals surface area (Å²) in [6, 6.07) is 28.0. The van der Waals surface area contributed by atoms with Gasteiger partial charge in [-0.3, -0.25) is 14.5 Å². The molecule has 0 atom stereocenters. The first-order chi connectivity index (χ1) is 17.9. The number of Topliss-reactive ketones (excluding diaryl/α,β-unsaturated/α-hetero) is 2. The van der Waals surface area contributed by atoms with Crippen LogP contribution in [0.1, 0.15) is 50.6 Å². The number of para-hydroxylation sites is 1. The Balaban J connectivity index is 1.31. The predicted octanol–water partition coefficient (Wildman–Crippen LogP) is 7.87. The maximum atomic E-state index is 13.3. The van der Waals surface area contributed by atoms with Crippen LogP contribution in [0.15, 0.2) is 96.7 Å². The largest absolute Gasteiger partial charge is 0.288 e. The number of rotatable bonds is 2. The summed E-state index contributed by atoms with van der Waals surface area (Å²) < 4.78 is 0. The number of fused-ring (bicyclic) bond motifs is 4. The third-order valence-corrected chi connectivity index (χ3v) is 8.49. The molecule has 4 nitrogen and oxygen atoms in total. The summed E-state index contributed by atoms with van der Waals surface area (Å²) in [7, 11) is 0. The van der Waals surface area contributed by atoms with Crippen molar-refractivity contribution in [2.24, 2.45) is 0 Å². The van der Waals surface area contributed by atoms with Crippen LogP contribution in [0.2, 0.25) is 0 Å². The lowest BCUT2D eigenvalue weighted by atomic mass is 9.75. The van der Waals surface area contributed by atoms with Gasteiger partial charge in [0, 0.05) is 33.2 Å². The zero-order valence-electron chi connectivity index (χ0n) is 20.4. The smallest absolute Gasteiger partial charge is 0.197 e. The molecule has 0 fully saturated rings. The molecule has 2 aliphatic rings. The molecular formula is C32H22N2O2S. The van der Waals surface area contributed by atoms with Crippen LogP contribution in [-0.4, -0.2) is 16.6 Å². The van der Waals surface area contributed by atoms with Gasteiger partial charge in [0.1, 0.15) is 10.8 Å². The Bertz CT molecular complexity index is 1700. The monoisotopic (exact) mass is 498 g/mol. The molecule has 7 rings (SSSR count). The second-order valence-corrected chi connectivity index (χ2v) is 11.1. The van der Waals surface area contributed by atoms with E-state index >= 15 is 0 Å². The Morgan fingerprint density at radius 1 is 0.784 bits per heavy atom. The summed E-state index contributed by atoms with van der Waals surface area (Å²) in [5, 5.41) is 2.90.